The van der Waals surface area contributed by atoms with Crippen LogP contribution >= 0.6 is 0 Å². The average Bonchev–Trinajstić information content (AvgIpc) is 2.62. The molecule has 0 bridgehead atoms. The van der Waals surface area contributed by atoms with Crippen LogP contribution in [0.1, 0.15) is 35.3 Å². The van der Waals surface area contributed by atoms with Crippen molar-refractivity contribution in [1.29, 1.82) is 0 Å². The molecule has 0 aliphatic rings. The van der Waals surface area contributed by atoms with Crippen LogP contribution in [0.4, 0.5) is 5.69 Å². The highest BCUT2D eigenvalue weighted by Crippen LogP contribution is 2.24. The minimum absolute atomic E-state index is 0.264. The maximum absolute atomic E-state index is 4.39. The summed E-state index contributed by atoms with van der Waals surface area (Å²) in [5.74, 6) is 0. The Kier molecular flexibility index (Phi) is 3.41. The molecule has 3 nitrogen and oxygen atoms in total. The lowest BCUT2D eigenvalue weighted by Gasteiger charge is -2.17. The van der Waals surface area contributed by atoms with Gasteiger partial charge in [0.25, 0.3) is 0 Å². The van der Waals surface area contributed by atoms with Gasteiger partial charge in [-0.3, -0.25) is 4.68 Å². The monoisotopic (exact) mass is 243 g/mol. The van der Waals surface area contributed by atoms with Crippen LogP contribution in [0.15, 0.2) is 24.4 Å². The Morgan fingerprint density at radius 3 is 2.50 bits per heavy atom. The quantitative estimate of drug-likeness (QED) is 0.894. The summed E-state index contributed by atoms with van der Waals surface area (Å²) in [6.07, 6.45) is 2.08. The molecule has 2 aromatic rings. The van der Waals surface area contributed by atoms with E-state index >= 15 is 0 Å². The van der Waals surface area contributed by atoms with Crippen LogP contribution in [0, 0.1) is 20.8 Å². The van der Waals surface area contributed by atoms with Gasteiger partial charge in [0.05, 0.1) is 11.7 Å². The maximum Gasteiger partial charge on any atom is 0.0646 e. The van der Waals surface area contributed by atoms with E-state index in [0.29, 0.717) is 0 Å². The summed E-state index contributed by atoms with van der Waals surface area (Å²) < 4.78 is 1.87. The van der Waals surface area contributed by atoms with E-state index in [-0.39, 0.29) is 6.04 Å². The number of hydrogen-bond donors (Lipinski definition) is 1. The highest BCUT2D eigenvalue weighted by molar-refractivity contribution is 5.53. The maximum atomic E-state index is 4.39. The van der Waals surface area contributed by atoms with E-state index in [1.807, 2.05) is 11.7 Å². The molecule has 0 aliphatic carbocycles. The number of hydrogen-bond acceptors (Lipinski definition) is 2. The van der Waals surface area contributed by atoms with Crippen LogP contribution in [-0.2, 0) is 7.05 Å². The van der Waals surface area contributed by atoms with E-state index < -0.39 is 0 Å². The molecule has 0 fully saturated rings. The highest BCUT2D eigenvalue weighted by Gasteiger charge is 2.12. The molecule has 1 unspecified atom stereocenters. The van der Waals surface area contributed by atoms with Gasteiger partial charge in [0.2, 0.25) is 0 Å². The van der Waals surface area contributed by atoms with Gasteiger partial charge in [0.15, 0.2) is 0 Å². The van der Waals surface area contributed by atoms with Gasteiger partial charge in [-0.25, -0.2) is 0 Å². The van der Waals surface area contributed by atoms with Gasteiger partial charge in [-0.2, -0.15) is 5.10 Å². The molecule has 18 heavy (non-hydrogen) atoms. The van der Waals surface area contributed by atoms with Crippen molar-refractivity contribution in [2.24, 2.45) is 7.05 Å². The van der Waals surface area contributed by atoms with Crippen LogP contribution in [0.3, 0.4) is 0 Å². The molecule has 1 N–H and O–H groups in total. The Morgan fingerprint density at radius 2 is 1.94 bits per heavy atom. The number of nitrogens with one attached hydrogen (secondary N) is 1. The molecule has 1 heterocycles. The molecule has 0 saturated heterocycles. The molecule has 0 aliphatic heterocycles. The fourth-order valence-electron chi connectivity index (χ4n) is 2.33. The largest absolute Gasteiger partial charge is 0.378 e. The number of aromatic nitrogens is 2. The van der Waals surface area contributed by atoms with E-state index in [0.717, 1.165) is 5.69 Å². The molecule has 96 valence electrons. The fourth-order valence-corrected chi connectivity index (χ4v) is 2.33. The number of aryl methyl sites for hydroxylation is 4. The molecule has 1 aromatic carbocycles. The van der Waals surface area contributed by atoms with Crippen LogP contribution in [0.2, 0.25) is 0 Å². The van der Waals surface area contributed by atoms with Gasteiger partial charge in [-0.05, 0) is 39.3 Å². The standard InChI is InChI=1S/C15H21N3/c1-10-6-7-15(11(2)8-10)16-12(3)14-9-18(5)17-13(14)4/h6-9,12,16H,1-5H3. The fraction of sp³-hybridized carbons (Fsp3) is 0.400. The van der Waals surface area contributed by atoms with Crippen LogP contribution in [0.5, 0.6) is 0 Å². The van der Waals surface area contributed by atoms with Crippen molar-refractivity contribution in [1.82, 2.24) is 9.78 Å². The Morgan fingerprint density at radius 1 is 1.22 bits per heavy atom. The lowest BCUT2D eigenvalue weighted by molar-refractivity contribution is 0.756. The van der Waals surface area contributed by atoms with E-state index in [2.05, 4.69) is 62.5 Å². The summed E-state index contributed by atoms with van der Waals surface area (Å²) in [4.78, 5) is 0. The first kappa shape index (κ1) is 12.7. The smallest absolute Gasteiger partial charge is 0.0646 e. The Bertz CT molecular complexity index is 555. The average molecular weight is 243 g/mol. The topological polar surface area (TPSA) is 29.9 Å². The van der Waals surface area contributed by atoms with Gasteiger partial charge in [0, 0.05) is 24.5 Å². The molecule has 0 radical (unpaired) electrons. The molecule has 0 amide bonds. The zero-order valence-electron chi connectivity index (χ0n) is 11.8. The third-order valence-corrected chi connectivity index (χ3v) is 3.27. The number of rotatable bonds is 3. The lowest BCUT2D eigenvalue weighted by atomic mass is 10.1. The Hall–Kier alpha value is -1.77. The summed E-state index contributed by atoms with van der Waals surface area (Å²) in [7, 11) is 1.96. The van der Waals surface area contributed by atoms with Crippen molar-refractivity contribution in [2.75, 3.05) is 5.32 Å². The second-order valence-electron chi connectivity index (χ2n) is 5.03. The first-order chi connectivity index (χ1) is 8.47. The number of nitrogens with zero attached hydrogens (tertiary/aromatic N) is 2. The summed E-state index contributed by atoms with van der Waals surface area (Å²) in [6.45, 7) is 8.47. The second-order valence-corrected chi connectivity index (χ2v) is 5.03. The van der Waals surface area contributed by atoms with E-state index in [1.54, 1.807) is 0 Å². The summed E-state index contributed by atoms with van der Waals surface area (Å²) >= 11 is 0. The van der Waals surface area contributed by atoms with Crippen LogP contribution < -0.4 is 5.32 Å². The number of benzene rings is 1. The van der Waals surface area contributed by atoms with Gasteiger partial charge in [0.1, 0.15) is 0 Å². The summed E-state index contributed by atoms with van der Waals surface area (Å²) in [5, 5.41) is 7.94. The Labute approximate surface area is 109 Å². The lowest BCUT2D eigenvalue weighted by Crippen LogP contribution is -2.08. The molecule has 1 aromatic heterocycles. The van der Waals surface area contributed by atoms with Gasteiger partial charge >= 0.3 is 0 Å². The van der Waals surface area contributed by atoms with E-state index in [1.165, 1.54) is 22.4 Å². The molecule has 0 spiro atoms. The van der Waals surface area contributed by atoms with Crippen molar-refractivity contribution in [3.63, 3.8) is 0 Å². The second kappa shape index (κ2) is 4.84. The summed E-state index contributed by atoms with van der Waals surface area (Å²) in [6, 6.07) is 6.75. The summed E-state index contributed by atoms with van der Waals surface area (Å²) in [5.41, 5.74) is 6.10. The molecular formula is C15H21N3. The van der Waals surface area contributed by atoms with Crippen LogP contribution in [0.25, 0.3) is 0 Å². The SMILES string of the molecule is Cc1ccc(NC(C)c2cn(C)nc2C)c(C)c1. The first-order valence-corrected chi connectivity index (χ1v) is 6.31. The van der Waals surface area contributed by atoms with E-state index in [4.69, 9.17) is 0 Å². The van der Waals surface area contributed by atoms with Crippen molar-refractivity contribution < 1.29 is 0 Å². The Balaban J connectivity index is 2.21. The molecule has 2 rings (SSSR count). The molecule has 1 atom stereocenters. The van der Waals surface area contributed by atoms with Crippen molar-refractivity contribution >= 4 is 5.69 Å². The van der Waals surface area contributed by atoms with Crippen molar-refractivity contribution in [2.45, 2.75) is 33.7 Å². The normalized spacial score (nSPS) is 12.5. The first-order valence-electron chi connectivity index (χ1n) is 6.31. The predicted molar refractivity (Wildman–Crippen MR) is 75.9 cm³/mol. The van der Waals surface area contributed by atoms with Gasteiger partial charge in [-0.15, -0.1) is 0 Å². The third-order valence-electron chi connectivity index (χ3n) is 3.27. The van der Waals surface area contributed by atoms with E-state index in [9.17, 15) is 0 Å². The predicted octanol–water partition coefficient (Wildman–Crippen LogP) is 3.52. The molecular weight excluding hydrogens is 222 g/mol. The molecule has 0 saturated carbocycles. The third kappa shape index (κ3) is 2.55. The minimum atomic E-state index is 0.264. The number of anilines is 1. The van der Waals surface area contributed by atoms with Gasteiger partial charge < -0.3 is 5.32 Å². The zero-order valence-corrected chi connectivity index (χ0v) is 11.8. The van der Waals surface area contributed by atoms with Gasteiger partial charge in [-0.1, -0.05) is 17.7 Å². The molecule has 3 heteroatoms. The van der Waals surface area contributed by atoms with Crippen molar-refractivity contribution in [3.05, 3.63) is 46.8 Å². The van der Waals surface area contributed by atoms with Crippen molar-refractivity contribution in [3.8, 4) is 0 Å². The highest BCUT2D eigenvalue weighted by atomic mass is 15.3. The minimum Gasteiger partial charge on any atom is -0.378 e. The van der Waals surface area contributed by atoms with Crippen LogP contribution in [-0.4, -0.2) is 9.78 Å². The zero-order chi connectivity index (χ0) is 13.3.